The Morgan fingerprint density at radius 1 is 1.37 bits per heavy atom. The second-order valence-corrected chi connectivity index (χ2v) is 6.31. The summed E-state index contributed by atoms with van der Waals surface area (Å²) < 4.78 is 2.16. The fraction of sp³-hybridized carbons (Fsp3) is 0.214. The molecule has 2 nitrogen and oxygen atoms in total. The molecule has 1 atom stereocenters. The lowest BCUT2D eigenvalue weighted by atomic mass is 10.3. The summed E-state index contributed by atoms with van der Waals surface area (Å²) in [5, 5.41) is 4.78. The van der Waals surface area contributed by atoms with Crippen LogP contribution in [0.4, 0.5) is 0 Å². The highest BCUT2D eigenvalue weighted by atomic mass is 35.5. The number of fused-ring (bicyclic) bond motifs is 1. The van der Waals surface area contributed by atoms with E-state index in [-0.39, 0.29) is 5.38 Å². The number of aromatic nitrogens is 2. The fourth-order valence-corrected chi connectivity index (χ4v) is 3.15. The molecule has 19 heavy (non-hydrogen) atoms. The van der Waals surface area contributed by atoms with Crippen molar-refractivity contribution in [1.29, 1.82) is 0 Å². The number of halogens is 2. The van der Waals surface area contributed by atoms with E-state index in [0.29, 0.717) is 5.02 Å². The van der Waals surface area contributed by atoms with Gasteiger partial charge in [-0.1, -0.05) is 11.6 Å². The second-order valence-electron chi connectivity index (χ2n) is 4.44. The predicted octanol–water partition coefficient (Wildman–Crippen LogP) is 5.10. The maximum atomic E-state index is 6.25. The molecular formula is C14H12Cl2N2S. The van der Waals surface area contributed by atoms with Gasteiger partial charge in [0.2, 0.25) is 0 Å². The highest BCUT2D eigenvalue weighted by Crippen LogP contribution is 2.27. The van der Waals surface area contributed by atoms with E-state index in [4.69, 9.17) is 23.2 Å². The molecule has 2 aromatic heterocycles. The molecule has 0 saturated carbocycles. The molecule has 0 fully saturated rings. The minimum absolute atomic E-state index is 0.134. The number of hydrogen-bond acceptors (Lipinski definition) is 2. The Morgan fingerprint density at radius 3 is 2.89 bits per heavy atom. The molecule has 98 valence electrons. The molecule has 0 aliphatic carbocycles. The number of nitrogens with zero attached hydrogens (tertiary/aromatic N) is 2. The lowest BCUT2D eigenvalue weighted by molar-refractivity contribution is 0.744. The second kappa shape index (κ2) is 5.16. The first-order valence-electron chi connectivity index (χ1n) is 5.96. The normalized spacial score (nSPS) is 13.0. The van der Waals surface area contributed by atoms with Crippen LogP contribution in [0.1, 0.15) is 23.7 Å². The quantitative estimate of drug-likeness (QED) is 0.615. The van der Waals surface area contributed by atoms with Gasteiger partial charge in [0.1, 0.15) is 5.82 Å². The summed E-state index contributed by atoms with van der Waals surface area (Å²) in [6, 6.07) is 7.89. The van der Waals surface area contributed by atoms with Crippen molar-refractivity contribution in [3.05, 3.63) is 51.4 Å². The van der Waals surface area contributed by atoms with Crippen molar-refractivity contribution in [1.82, 2.24) is 9.55 Å². The van der Waals surface area contributed by atoms with Crippen LogP contribution >= 0.6 is 34.5 Å². The van der Waals surface area contributed by atoms with Gasteiger partial charge in [-0.3, -0.25) is 0 Å². The maximum absolute atomic E-state index is 6.25. The summed E-state index contributed by atoms with van der Waals surface area (Å²) in [7, 11) is 0. The van der Waals surface area contributed by atoms with Crippen LogP contribution in [-0.2, 0) is 6.54 Å². The van der Waals surface area contributed by atoms with Crippen molar-refractivity contribution in [3.8, 4) is 0 Å². The third-order valence-corrected chi connectivity index (χ3v) is 4.18. The number of hydrogen-bond donors (Lipinski definition) is 0. The number of rotatable bonds is 3. The van der Waals surface area contributed by atoms with Crippen LogP contribution in [0.3, 0.4) is 0 Å². The lowest BCUT2D eigenvalue weighted by Crippen LogP contribution is -2.05. The van der Waals surface area contributed by atoms with E-state index >= 15 is 0 Å². The average molecular weight is 311 g/mol. The van der Waals surface area contributed by atoms with Crippen LogP contribution in [0.25, 0.3) is 11.0 Å². The van der Waals surface area contributed by atoms with Gasteiger partial charge >= 0.3 is 0 Å². The summed E-state index contributed by atoms with van der Waals surface area (Å²) in [5.41, 5.74) is 3.22. The van der Waals surface area contributed by atoms with Crippen LogP contribution < -0.4 is 0 Å². The molecule has 0 bridgehead atoms. The zero-order valence-corrected chi connectivity index (χ0v) is 12.6. The molecule has 5 heteroatoms. The highest BCUT2D eigenvalue weighted by molar-refractivity contribution is 7.07. The Bertz CT molecular complexity index is 702. The Balaban J connectivity index is 2.16. The SMILES string of the molecule is CC(Cl)c1nc2cc(Cl)ccc2n1Cc1ccsc1. The van der Waals surface area contributed by atoms with Gasteiger partial charge in [-0.2, -0.15) is 11.3 Å². The average Bonchev–Trinajstić information content (AvgIpc) is 2.97. The highest BCUT2D eigenvalue weighted by Gasteiger charge is 2.15. The first kappa shape index (κ1) is 13.0. The summed E-state index contributed by atoms with van der Waals surface area (Å²) in [4.78, 5) is 4.60. The zero-order valence-electron chi connectivity index (χ0n) is 10.3. The van der Waals surface area contributed by atoms with Crippen molar-refractivity contribution in [3.63, 3.8) is 0 Å². The van der Waals surface area contributed by atoms with Gasteiger partial charge in [-0.25, -0.2) is 4.98 Å². The maximum Gasteiger partial charge on any atom is 0.128 e. The van der Waals surface area contributed by atoms with Gasteiger partial charge in [-0.15, -0.1) is 11.6 Å². The van der Waals surface area contributed by atoms with E-state index in [1.165, 1.54) is 5.56 Å². The molecule has 1 aromatic carbocycles. The van der Waals surface area contributed by atoms with Crippen LogP contribution in [0.15, 0.2) is 35.0 Å². The molecule has 0 aliphatic rings. The summed E-state index contributed by atoms with van der Waals surface area (Å²) in [6.07, 6.45) is 0. The van der Waals surface area contributed by atoms with Gasteiger partial charge < -0.3 is 4.57 Å². The lowest BCUT2D eigenvalue weighted by Gasteiger charge is -2.09. The predicted molar refractivity (Wildman–Crippen MR) is 82.4 cm³/mol. The molecule has 0 N–H and O–H groups in total. The van der Waals surface area contributed by atoms with E-state index in [2.05, 4.69) is 26.4 Å². The first-order chi connectivity index (χ1) is 9.15. The van der Waals surface area contributed by atoms with E-state index in [1.807, 2.05) is 25.1 Å². The zero-order chi connectivity index (χ0) is 13.4. The smallest absolute Gasteiger partial charge is 0.128 e. The molecular weight excluding hydrogens is 299 g/mol. The number of imidazole rings is 1. The molecule has 3 aromatic rings. The molecule has 0 radical (unpaired) electrons. The monoisotopic (exact) mass is 310 g/mol. The van der Waals surface area contributed by atoms with Crippen LogP contribution in [0, 0.1) is 0 Å². The summed E-state index contributed by atoms with van der Waals surface area (Å²) >= 11 is 14.0. The molecule has 1 unspecified atom stereocenters. The van der Waals surface area contributed by atoms with E-state index < -0.39 is 0 Å². The van der Waals surface area contributed by atoms with E-state index in [1.54, 1.807) is 11.3 Å². The third kappa shape index (κ3) is 2.50. The van der Waals surface area contributed by atoms with Crippen molar-refractivity contribution in [2.45, 2.75) is 18.8 Å². The Hall–Kier alpha value is -1.03. The van der Waals surface area contributed by atoms with Gasteiger partial charge in [0.15, 0.2) is 0 Å². The Labute approximate surface area is 125 Å². The number of alkyl halides is 1. The molecule has 0 amide bonds. The minimum Gasteiger partial charge on any atom is -0.322 e. The largest absolute Gasteiger partial charge is 0.322 e. The first-order valence-corrected chi connectivity index (χ1v) is 7.71. The van der Waals surface area contributed by atoms with Crippen LogP contribution in [0.2, 0.25) is 5.02 Å². The molecule has 2 heterocycles. The minimum atomic E-state index is -0.134. The third-order valence-electron chi connectivity index (χ3n) is 3.02. The summed E-state index contributed by atoms with van der Waals surface area (Å²) in [6.45, 7) is 2.72. The van der Waals surface area contributed by atoms with Crippen molar-refractivity contribution < 1.29 is 0 Å². The topological polar surface area (TPSA) is 17.8 Å². The summed E-state index contributed by atoms with van der Waals surface area (Å²) in [5.74, 6) is 0.880. The number of benzene rings is 1. The van der Waals surface area contributed by atoms with Gasteiger partial charge in [-0.05, 0) is 47.5 Å². The fourth-order valence-electron chi connectivity index (χ4n) is 2.16. The van der Waals surface area contributed by atoms with E-state index in [0.717, 1.165) is 23.4 Å². The van der Waals surface area contributed by atoms with Crippen LogP contribution in [0.5, 0.6) is 0 Å². The molecule has 3 rings (SSSR count). The van der Waals surface area contributed by atoms with Crippen LogP contribution in [-0.4, -0.2) is 9.55 Å². The van der Waals surface area contributed by atoms with Gasteiger partial charge in [0, 0.05) is 5.02 Å². The Morgan fingerprint density at radius 2 is 2.21 bits per heavy atom. The number of thiophene rings is 1. The van der Waals surface area contributed by atoms with Gasteiger partial charge in [0.25, 0.3) is 0 Å². The van der Waals surface area contributed by atoms with Crippen molar-refractivity contribution in [2.24, 2.45) is 0 Å². The van der Waals surface area contributed by atoms with Crippen molar-refractivity contribution in [2.75, 3.05) is 0 Å². The van der Waals surface area contributed by atoms with Crippen molar-refractivity contribution >= 4 is 45.6 Å². The Kier molecular flexibility index (Phi) is 3.52. The molecule has 0 aliphatic heterocycles. The molecule has 0 spiro atoms. The standard InChI is InChI=1S/C14H12Cl2N2S/c1-9(15)14-17-12-6-11(16)2-3-13(12)18(14)7-10-4-5-19-8-10/h2-6,8-9H,7H2,1H3. The van der Waals surface area contributed by atoms with Gasteiger partial charge in [0.05, 0.1) is 23.0 Å². The van der Waals surface area contributed by atoms with E-state index in [9.17, 15) is 0 Å². The molecule has 0 saturated heterocycles.